The Hall–Kier alpha value is -2.85. The zero-order chi connectivity index (χ0) is 19.6. The Morgan fingerprint density at radius 2 is 1.62 bits per heavy atom. The van der Waals surface area contributed by atoms with Crippen molar-refractivity contribution in [2.75, 3.05) is 25.1 Å². The molecule has 0 radical (unpaired) electrons. The molecule has 3 aromatic rings. The van der Waals surface area contributed by atoms with Crippen LogP contribution in [0.4, 0.5) is 5.69 Å². The smallest absolute Gasteiger partial charge is 0.119 e. The van der Waals surface area contributed by atoms with E-state index in [2.05, 4.69) is 69.4 Å². The second kappa shape index (κ2) is 7.88. The van der Waals surface area contributed by atoms with E-state index in [1.807, 2.05) is 18.5 Å². The Morgan fingerprint density at radius 1 is 0.897 bits per heavy atom. The third-order valence-electron chi connectivity index (χ3n) is 6.38. The fourth-order valence-corrected chi connectivity index (χ4v) is 4.80. The van der Waals surface area contributed by atoms with Crippen LogP contribution in [0.5, 0.6) is 5.75 Å². The molecule has 5 rings (SSSR count). The van der Waals surface area contributed by atoms with E-state index < -0.39 is 0 Å². The molecule has 0 N–H and O–H groups in total. The zero-order valence-corrected chi connectivity index (χ0v) is 16.9. The third-order valence-corrected chi connectivity index (χ3v) is 6.38. The maximum Gasteiger partial charge on any atom is 0.119 e. The second-order valence-electron chi connectivity index (χ2n) is 8.10. The topological polar surface area (TPSA) is 28.6 Å². The van der Waals surface area contributed by atoms with Gasteiger partial charge < -0.3 is 9.64 Å². The first-order valence-electron chi connectivity index (χ1n) is 10.4. The molecule has 0 saturated carbocycles. The number of benzene rings is 2. The summed E-state index contributed by atoms with van der Waals surface area (Å²) in [7, 11) is 1.72. The lowest BCUT2D eigenvalue weighted by molar-refractivity contribution is 0.160. The number of methoxy groups -OCH3 is 1. The molecule has 4 heteroatoms. The molecule has 2 aliphatic rings. The fourth-order valence-electron chi connectivity index (χ4n) is 4.80. The zero-order valence-electron chi connectivity index (χ0n) is 16.9. The van der Waals surface area contributed by atoms with Crippen molar-refractivity contribution >= 4 is 5.69 Å². The highest BCUT2D eigenvalue weighted by Gasteiger charge is 2.39. The molecule has 1 aromatic heterocycles. The van der Waals surface area contributed by atoms with E-state index in [-0.39, 0.29) is 0 Å². The van der Waals surface area contributed by atoms with E-state index in [1.165, 1.54) is 35.2 Å². The highest BCUT2D eigenvalue weighted by Crippen LogP contribution is 2.34. The number of anilines is 1. The minimum Gasteiger partial charge on any atom is -0.497 e. The number of piperazine rings is 1. The Morgan fingerprint density at radius 3 is 2.24 bits per heavy atom. The number of hydrogen-bond acceptors (Lipinski definition) is 4. The van der Waals surface area contributed by atoms with Crippen molar-refractivity contribution in [1.29, 1.82) is 0 Å². The number of ether oxygens (including phenoxy) is 1. The van der Waals surface area contributed by atoms with Gasteiger partial charge >= 0.3 is 0 Å². The van der Waals surface area contributed by atoms with Crippen LogP contribution in [0.1, 0.15) is 18.4 Å². The molecule has 0 spiro atoms. The summed E-state index contributed by atoms with van der Waals surface area (Å²) in [5.41, 5.74) is 5.11. The van der Waals surface area contributed by atoms with E-state index in [0.29, 0.717) is 12.1 Å². The molecule has 2 aliphatic heterocycles. The molecule has 0 amide bonds. The van der Waals surface area contributed by atoms with Crippen molar-refractivity contribution in [1.82, 2.24) is 9.88 Å². The Labute approximate surface area is 172 Å². The van der Waals surface area contributed by atoms with Crippen LogP contribution in [-0.4, -0.2) is 42.2 Å². The van der Waals surface area contributed by atoms with Gasteiger partial charge in [0, 0.05) is 49.8 Å². The third kappa shape index (κ3) is 3.73. The predicted octanol–water partition coefficient (Wildman–Crippen LogP) is 4.61. The summed E-state index contributed by atoms with van der Waals surface area (Å²) in [5.74, 6) is 0.921. The van der Waals surface area contributed by atoms with E-state index in [9.17, 15) is 0 Å². The maximum atomic E-state index is 5.30. The number of fused-ring (bicyclic) bond motifs is 2. The molecule has 2 bridgehead atoms. The number of aromatic nitrogens is 1. The molecule has 2 aromatic carbocycles. The van der Waals surface area contributed by atoms with Crippen LogP contribution in [-0.2, 0) is 6.54 Å². The Bertz CT molecular complexity index is 926. The molecule has 0 aliphatic carbocycles. The lowest BCUT2D eigenvalue weighted by Gasteiger charge is -2.42. The molecule has 2 saturated heterocycles. The molecule has 29 heavy (non-hydrogen) atoms. The highest BCUT2D eigenvalue weighted by molar-refractivity contribution is 5.62. The number of hydrogen-bond donors (Lipinski definition) is 0. The first-order valence-corrected chi connectivity index (χ1v) is 10.4. The SMILES string of the molecule is COc1ccc(N2CC3CCC(C2)N3Cc2ccc(-c3cccnc3)cc2)cc1. The molecular weight excluding hydrogens is 358 g/mol. The summed E-state index contributed by atoms with van der Waals surface area (Å²) in [4.78, 5) is 9.49. The summed E-state index contributed by atoms with van der Waals surface area (Å²) in [6.45, 7) is 3.26. The van der Waals surface area contributed by atoms with Gasteiger partial charge in [0.05, 0.1) is 7.11 Å². The Kier molecular flexibility index (Phi) is 4.94. The summed E-state index contributed by atoms with van der Waals surface area (Å²) in [6, 6.07) is 22.9. The number of nitrogens with zero attached hydrogens (tertiary/aromatic N) is 3. The van der Waals surface area contributed by atoms with Crippen molar-refractivity contribution < 1.29 is 4.74 Å². The summed E-state index contributed by atoms with van der Waals surface area (Å²) in [6.07, 6.45) is 6.34. The standard InChI is InChI=1S/C25H27N3O/c1-29-25-12-10-22(11-13-25)27-17-23-8-9-24(18-27)28(23)16-19-4-6-20(7-5-19)21-3-2-14-26-15-21/h2-7,10-15,23-24H,8-9,16-18H2,1H3. The van der Waals surface area contributed by atoms with Crippen LogP contribution in [0.25, 0.3) is 11.1 Å². The number of pyridine rings is 1. The summed E-state index contributed by atoms with van der Waals surface area (Å²) < 4.78 is 5.30. The van der Waals surface area contributed by atoms with Gasteiger partial charge in [0.2, 0.25) is 0 Å². The van der Waals surface area contributed by atoms with Crippen molar-refractivity contribution in [3.63, 3.8) is 0 Å². The van der Waals surface area contributed by atoms with Crippen LogP contribution < -0.4 is 9.64 Å². The van der Waals surface area contributed by atoms with Crippen molar-refractivity contribution in [3.05, 3.63) is 78.6 Å². The van der Waals surface area contributed by atoms with Crippen LogP contribution in [0, 0.1) is 0 Å². The molecule has 3 heterocycles. The quantitative estimate of drug-likeness (QED) is 0.641. The average Bonchev–Trinajstić information content (AvgIpc) is 3.01. The minimum absolute atomic E-state index is 0.633. The summed E-state index contributed by atoms with van der Waals surface area (Å²) >= 11 is 0. The lowest BCUT2D eigenvalue weighted by atomic mass is 10.0. The van der Waals surface area contributed by atoms with Gasteiger partial charge in [-0.1, -0.05) is 30.3 Å². The van der Waals surface area contributed by atoms with Crippen molar-refractivity contribution in [2.45, 2.75) is 31.5 Å². The first-order chi connectivity index (χ1) is 14.3. The van der Waals surface area contributed by atoms with Gasteiger partial charge in [0.15, 0.2) is 0 Å². The van der Waals surface area contributed by atoms with Crippen LogP contribution >= 0.6 is 0 Å². The minimum atomic E-state index is 0.633. The van der Waals surface area contributed by atoms with Crippen molar-refractivity contribution in [3.8, 4) is 16.9 Å². The van der Waals surface area contributed by atoms with Gasteiger partial charge in [0.1, 0.15) is 5.75 Å². The average molecular weight is 386 g/mol. The molecule has 2 atom stereocenters. The predicted molar refractivity (Wildman–Crippen MR) is 117 cm³/mol. The van der Waals surface area contributed by atoms with E-state index in [4.69, 9.17) is 4.74 Å². The van der Waals surface area contributed by atoms with E-state index in [1.54, 1.807) is 7.11 Å². The van der Waals surface area contributed by atoms with Gasteiger partial charge in [0.25, 0.3) is 0 Å². The van der Waals surface area contributed by atoms with E-state index >= 15 is 0 Å². The largest absolute Gasteiger partial charge is 0.497 e. The van der Waals surface area contributed by atoms with Crippen LogP contribution in [0.2, 0.25) is 0 Å². The first kappa shape index (κ1) is 18.2. The summed E-state index contributed by atoms with van der Waals surface area (Å²) in [5, 5.41) is 0. The van der Waals surface area contributed by atoms with Gasteiger partial charge in [-0.25, -0.2) is 0 Å². The van der Waals surface area contributed by atoms with Crippen molar-refractivity contribution in [2.24, 2.45) is 0 Å². The van der Waals surface area contributed by atoms with E-state index in [0.717, 1.165) is 25.4 Å². The fraction of sp³-hybridized carbons (Fsp3) is 0.320. The van der Waals surface area contributed by atoms with Gasteiger partial charge in [-0.15, -0.1) is 0 Å². The highest BCUT2D eigenvalue weighted by atomic mass is 16.5. The van der Waals surface area contributed by atoms with Gasteiger partial charge in [-0.2, -0.15) is 0 Å². The lowest BCUT2D eigenvalue weighted by Crippen LogP contribution is -2.53. The van der Waals surface area contributed by atoms with Crippen LogP contribution in [0.3, 0.4) is 0 Å². The Balaban J connectivity index is 1.26. The van der Waals surface area contributed by atoms with Gasteiger partial charge in [-0.05, 0) is 59.9 Å². The van der Waals surface area contributed by atoms with Crippen LogP contribution in [0.15, 0.2) is 73.1 Å². The molecule has 2 fully saturated rings. The molecule has 2 unspecified atom stereocenters. The number of rotatable bonds is 5. The maximum absolute atomic E-state index is 5.30. The molecule has 4 nitrogen and oxygen atoms in total. The monoisotopic (exact) mass is 385 g/mol. The molecule has 148 valence electrons. The van der Waals surface area contributed by atoms with Gasteiger partial charge in [-0.3, -0.25) is 9.88 Å². The normalized spacial score (nSPS) is 21.3. The molecular formula is C25H27N3O. The second-order valence-corrected chi connectivity index (χ2v) is 8.10.